The van der Waals surface area contributed by atoms with Crippen LogP contribution in [0.15, 0.2) is 72.6 Å². The van der Waals surface area contributed by atoms with Gasteiger partial charge in [0.15, 0.2) is 6.10 Å². The Kier molecular flexibility index (Phi) is 4.95. The van der Waals surface area contributed by atoms with E-state index in [1.165, 1.54) is 12.4 Å². The first-order valence-corrected chi connectivity index (χ1v) is 11.2. The number of nitrogens with one attached hydrogen (secondary N) is 1. The molecule has 7 nitrogen and oxygen atoms in total. The first-order chi connectivity index (χ1) is 17.1. The Morgan fingerprint density at radius 3 is 2.66 bits per heavy atom. The van der Waals surface area contributed by atoms with Crippen molar-refractivity contribution in [3.05, 3.63) is 101 Å². The zero-order valence-corrected chi connectivity index (χ0v) is 19.4. The highest BCUT2D eigenvalue weighted by Crippen LogP contribution is 2.52. The molecule has 0 unspecified atom stereocenters. The molecule has 35 heavy (non-hydrogen) atoms. The van der Waals surface area contributed by atoms with Crippen LogP contribution in [0, 0.1) is 12.7 Å². The van der Waals surface area contributed by atoms with E-state index in [9.17, 15) is 0 Å². The van der Waals surface area contributed by atoms with E-state index in [1.807, 2.05) is 43.3 Å². The normalized spacial score (nSPS) is 18.1. The van der Waals surface area contributed by atoms with Crippen LogP contribution in [0.4, 0.5) is 10.3 Å². The van der Waals surface area contributed by atoms with Gasteiger partial charge in [-0.2, -0.15) is 10.1 Å². The lowest BCUT2D eigenvalue weighted by Gasteiger charge is -2.39. The zero-order chi connectivity index (χ0) is 24.1. The Hall–Kier alpha value is -4.33. The molecule has 0 aliphatic carbocycles. The molecule has 8 heteroatoms. The second-order valence-corrected chi connectivity index (χ2v) is 8.51. The van der Waals surface area contributed by atoms with E-state index in [0.29, 0.717) is 28.8 Å². The molecule has 2 aliphatic heterocycles. The summed E-state index contributed by atoms with van der Waals surface area (Å²) in [6.07, 6.45) is 0.880. The van der Waals surface area contributed by atoms with Crippen molar-refractivity contribution >= 4 is 11.6 Å². The van der Waals surface area contributed by atoms with Gasteiger partial charge in [0, 0.05) is 28.3 Å². The number of methoxy groups -OCH3 is 2. The number of nitrogens with zero attached hydrogens (tertiary/aromatic N) is 3. The third-order valence-corrected chi connectivity index (χ3v) is 6.49. The second kappa shape index (κ2) is 8.16. The molecule has 0 saturated carbocycles. The predicted octanol–water partition coefficient (Wildman–Crippen LogP) is 5.30. The van der Waals surface area contributed by atoms with Gasteiger partial charge in [0.2, 0.25) is 5.95 Å². The van der Waals surface area contributed by atoms with E-state index in [0.717, 1.165) is 28.0 Å². The summed E-state index contributed by atoms with van der Waals surface area (Å²) in [7, 11) is 3.22. The smallest absolute Gasteiger partial charge is 0.226 e. The fraction of sp³-hybridized carbons (Fsp3) is 0.185. The third kappa shape index (κ3) is 3.32. The SMILES string of the molecule is COc1ccc([C@H]2Oc3ccc(C)cc3C3=C2[C@@H](c2ccccc2F)n2ncnc2N3)c(OC)c1. The zero-order valence-electron chi connectivity index (χ0n) is 19.4. The van der Waals surface area contributed by atoms with Gasteiger partial charge in [-0.05, 0) is 37.3 Å². The van der Waals surface area contributed by atoms with Crippen LogP contribution in [-0.4, -0.2) is 29.0 Å². The van der Waals surface area contributed by atoms with Gasteiger partial charge >= 0.3 is 0 Å². The maximum atomic E-state index is 15.3. The van der Waals surface area contributed by atoms with Crippen LogP contribution in [0.3, 0.4) is 0 Å². The van der Waals surface area contributed by atoms with Gasteiger partial charge in [0.25, 0.3) is 0 Å². The number of halogens is 1. The van der Waals surface area contributed by atoms with E-state index >= 15 is 4.39 Å². The summed E-state index contributed by atoms with van der Waals surface area (Å²) >= 11 is 0. The van der Waals surface area contributed by atoms with Crippen LogP contribution in [-0.2, 0) is 0 Å². The number of hydrogen-bond acceptors (Lipinski definition) is 6. The molecular formula is C27H23FN4O3. The van der Waals surface area contributed by atoms with Gasteiger partial charge in [-0.15, -0.1) is 0 Å². The van der Waals surface area contributed by atoms with Gasteiger partial charge in [-0.25, -0.2) is 9.07 Å². The Balaban J connectivity index is 1.65. The van der Waals surface area contributed by atoms with E-state index in [2.05, 4.69) is 21.5 Å². The summed E-state index contributed by atoms with van der Waals surface area (Å²) in [6, 6.07) is 17.8. The first kappa shape index (κ1) is 21.2. The molecule has 3 aromatic carbocycles. The number of aromatic nitrogens is 3. The fourth-order valence-electron chi connectivity index (χ4n) is 4.87. The third-order valence-electron chi connectivity index (χ3n) is 6.49. The minimum absolute atomic E-state index is 0.330. The maximum Gasteiger partial charge on any atom is 0.226 e. The number of fused-ring (bicyclic) bond motifs is 3. The summed E-state index contributed by atoms with van der Waals surface area (Å²) in [5, 5.41) is 7.90. The van der Waals surface area contributed by atoms with Crippen molar-refractivity contribution in [3.8, 4) is 17.2 Å². The first-order valence-electron chi connectivity index (χ1n) is 11.2. The summed E-state index contributed by atoms with van der Waals surface area (Å²) in [6.45, 7) is 2.03. The average molecular weight is 471 g/mol. The van der Waals surface area contributed by atoms with Crippen molar-refractivity contribution in [1.29, 1.82) is 0 Å². The quantitative estimate of drug-likeness (QED) is 0.436. The number of hydrogen-bond donors (Lipinski definition) is 1. The van der Waals surface area contributed by atoms with Crippen LogP contribution < -0.4 is 19.5 Å². The molecular weight excluding hydrogens is 447 g/mol. The van der Waals surface area contributed by atoms with E-state index in [1.54, 1.807) is 31.0 Å². The molecule has 0 fully saturated rings. The van der Waals surface area contributed by atoms with Gasteiger partial charge < -0.3 is 19.5 Å². The number of rotatable bonds is 4. The molecule has 2 aliphatic rings. The molecule has 0 radical (unpaired) electrons. The summed E-state index contributed by atoms with van der Waals surface area (Å²) in [5.41, 5.74) is 4.88. The minimum atomic E-state index is -0.588. The lowest BCUT2D eigenvalue weighted by atomic mass is 9.84. The monoisotopic (exact) mass is 470 g/mol. The van der Waals surface area contributed by atoms with Crippen molar-refractivity contribution in [2.24, 2.45) is 0 Å². The van der Waals surface area contributed by atoms with Gasteiger partial charge in [-0.1, -0.05) is 29.8 Å². The van der Waals surface area contributed by atoms with Crippen molar-refractivity contribution in [3.63, 3.8) is 0 Å². The largest absolute Gasteiger partial charge is 0.497 e. The minimum Gasteiger partial charge on any atom is -0.497 e. The van der Waals surface area contributed by atoms with Gasteiger partial charge in [-0.3, -0.25) is 0 Å². The summed E-state index contributed by atoms with van der Waals surface area (Å²) in [4.78, 5) is 4.40. The van der Waals surface area contributed by atoms with Crippen molar-refractivity contribution in [2.45, 2.75) is 19.1 Å². The van der Waals surface area contributed by atoms with Crippen LogP contribution >= 0.6 is 0 Å². The highest BCUT2D eigenvalue weighted by Gasteiger charge is 2.42. The lowest BCUT2D eigenvalue weighted by Crippen LogP contribution is -2.33. The molecule has 0 amide bonds. The number of benzene rings is 3. The number of anilines is 1. The molecule has 176 valence electrons. The molecule has 0 saturated heterocycles. The Morgan fingerprint density at radius 1 is 1.00 bits per heavy atom. The molecule has 4 aromatic rings. The molecule has 3 heterocycles. The van der Waals surface area contributed by atoms with Crippen LogP contribution in [0.5, 0.6) is 17.2 Å². The highest BCUT2D eigenvalue weighted by atomic mass is 19.1. The van der Waals surface area contributed by atoms with E-state index < -0.39 is 12.1 Å². The Labute approximate surface area is 201 Å². The van der Waals surface area contributed by atoms with Crippen LogP contribution in [0.25, 0.3) is 5.70 Å². The Morgan fingerprint density at radius 2 is 1.86 bits per heavy atom. The molecule has 6 rings (SSSR count). The predicted molar refractivity (Wildman–Crippen MR) is 129 cm³/mol. The van der Waals surface area contributed by atoms with E-state index in [4.69, 9.17) is 14.2 Å². The topological polar surface area (TPSA) is 70.4 Å². The van der Waals surface area contributed by atoms with Crippen molar-refractivity contribution < 1.29 is 18.6 Å². The van der Waals surface area contributed by atoms with Gasteiger partial charge in [0.05, 0.1) is 19.9 Å². The fourth-order valence-corrected chi connectivity index (χ4v) is 4.87. The highest BCUT2D eigenvalue weighted by molar-refractivity contribution is 5.85. The maximum absolute atomic E-state index is 15.3. The van der Waals surface area contributed by atoms with Crippen molar-refractivity contribution in [1.82, 2.24) is 14.8 Å². The van der Waals surface area contributed by atoms with Crippen LogP contribution in [0.1, 0.15) is 34.4 Å². The number of aryl methyl sites for hydroxylation is 1. The lowest BCUT2D eigenvalue weighted by molar-refractivity contribution is 0.217. The van der Waals surface area contributed by atoms with Gasteiger partial charge in [0.1, 0.15) is 35.4 Å². The molecule has 0 spiro atoms. The summed E-state index contributed by atoms with van der Waals surface area (Å²) < 4.78 is 34.8. The molecule has 2 atom stereocenters. The molecule has 1 aromatic heterocycles. The average Bonchev–Trinajstić information content (AvgIpc) is 3.36. The standard InChI is InChI=1S/C27H23FN4O3/c1-15-8-11-21-19(12-15)24-23(26(35-21)18-10-9-16(33-2)13-22(18)34-3)25(17-6-4-5-7-20(17)28)32-27(31-24)29-14-30-32/h4-14,25-26H,1-3H3,(H,29,30,31)/t25-,26-/m1/s1. The van der Waals surface area contributed by atoms with Crippen molar-refractivity contribution in [2.75, 3.05) is 19.5 Å². The summed E-state index contributed by atoms with van der Waals surface area (Å²) in [5.74, 6) is 2.19. The molecule has 1 N–H and O–H groups in total. The Bertz CT molecular complexity index is 1480. The second-order valence-electron chi connectivity index (χ2n) is 8.51. The van der Waals surface area contributed by atoms with E-state index in [-0.39, 0.29) is 5.82 Å². The molecule has 0 bridgehead atoms. The van der Waals surface area contributed by atoms with Crippen LogP contribution in [0.2, 0.25) is 0 Å². The number of ether oxygens (including phenoxy) is 3.